The second-order valence-electron chi connectivity index (χ2n) is 3.81. The van der Waals surface area contributed by atoms with Crippen LogP contribution in [0.2, 0.25) is 5.02 Å². The topological polar surface area (TPSA) is 38.8 Å². The molecule has 0 saturated carbocycles. The molecular weight excluding hydrogens is 228 g/mol. The molecular formula is C12H13ClO3. The molecule has 0 unspecified atom stereocenters. The van der Waals surface area contributed by atoms with Gasteiger partial charge in [0.2, 0.25) is 0 Å². The minimum Gasteiger partial charge on any atom is -0.469 e. The highest BCUT2D eigenvalue weighted by atomic mass is 35.5. The maximum Gasteiger partial charge on any atom is 0.306 e. The summed E-state index contributed by atoms with van der Waals surface area (Å²) < 4.78 is 9.94. The molecule has 4 heteroatoms. The zero-order chi connectivity index (χ0) is 11.5. The van der Waals surface area contributed by atoms with Gasteiger partial charge in [-0.15, -0.1) is 0 Å². The molecule has 3 nitrogen and oxygen atoms in total. The SMILES string of the molecule is COC(=O)C[C@H](c1ccc(Cl)cc1)[C@H]1CO1. The number of benzene rings is 1. The Kier molecular flexibility index (Phi) is 3.46. The van der Waals surface area contributed by atoms with Gasteiger partial charge in [0.25, 0.3) is 0 Å². The number of epoxide rings is 1. The molecule has 0 bridgehead atoms. The van der Waals surface area contributed by atoms with Gasteiger partial charge in [-0.2, -0.15) is 0 Å². The highest BCUT2D eigenvalue weighted by Gasteiger charge is 2.35. The third-order valence-electron chi connectivity index (χ3n) is 2.72. The second-order valence-corrected chi connectivity index (χ2v) is 4.25. The van der Waals surface area contributed by atoms with Gasteiger partial charge in [0.05, 0.1) is 26.2 Å². The fourth-order valence-electron chi connectivity index (χ4n) is 1.72. The lowest BCUT2D eigenvalue weighted by Crippen LogP contribution is -2.13. The van der Waals surface area contributed by atoms with E-state index in [1.54, 1.807) is 0 Å². The molecule has 1 aromatic rings. The Bertz CT molecular complexity index is 370. The van der Waals surface area contributed by atoms with Crippen LogP contribution in [0.5, 0.6) is 0 Å². The van der Waals surface area contributed by atoms with E-state index in [-0.39, 0.29) is 18.0 Å². The largest absolute Gasteiger partial charge is 0.469 e. The Balaban J connectivity index is 2.12. The fraction of sp³-hybridized carbons (Fsp3) is 0.417. The molecule has 1 fully saturated rings. The van der Waals surface area contributed by atoms with Gasteiger partial charge in [-0.05, 0) is 17.7 Å². The van der Waals surface area contributed by atoms with Gasteiger partial charge >= 0.3 is 5.97 Å². The third kappa shape index (κ3) is 2.74. The van der Waals surface area contributed by atoms with Crippen LogP contribution in [-0.4, -0.2) is 25.8 Å². The summed E-state index contributed by atoms with van der Waals surface area (Å²) in [5, 5.41) is 0.692. The van der Waals surface area contributed by atoms with Crippen LogP contribution in [0.15, 0.2) is 24.3 Å². The first kappa shape index (κ1) is 11.4. The van der Waals surface area contributed by atoms with Crippen LogP contribution in [0.4, 0.5) is 0 Å². The molecule has 0 amide bonds. The number of rotatable bonds is 4. The number of ether oxygens (including phenoxy) is 2. The molecule has 1 aromatic carbocycles. The van der Waals surface area contributed by atoms with E-state index < -0.39 is 0 Å². The Labute approximate surface area is 99.3 Å². The molecule has 1 aliphatic rings. The lowest BCUT2D eigenvalue weighted by atomic mass is 9.93. The monoisotopic (exact) mass is 240 g/mol. The summed E-state index contributed by atoms with van der Waals surface area (Å²) >= 11 is 5.82. The Hall–Kier alpha value is -1.06. The van der Waals surface area contributed by atoms with Crippen LogP contribution in [0, 0.1) is 0 Å². The zero-order valence-corrected chi connectivity index (χ0v) is 9.74. The molecule has 2 rings (SSSR count). The van der Waals surface area contributed by atoms with Crippen molar-refractivity contribution in [2.45, 2.75) is 18.4 Å². The van der Waals surface area contributed by atoms with Crippen molar-refractivity contribution >= 4 is 17.6 Å². The van der Waals surface area contributed by atoms with Gasteiger partial charge in [-0.3, -0.25) is 4.79 Å². The molecule has 1 heterocycles. The summed E-state index contributed by atoms with van der Waals surface area (Å²) in [5.74, 6) is -0.139. The van der Waals surface area contributed by atoms with E-state index in [1.165, 1.54) is 7.11 Å². The Morgan fingerprint density at radius 2 is 2.19 bits per heavy atom. The van der Waals surface area contributed by atoms with Gasteiger partial charge in [0, 0.05) is 10.9 Å². The summed E-state index contributed by atoms with van der Waals surface area (Å²) in [6.45, 7) is 0.713. The van der Waals surface area contributed by atoms with Gasteiger partial charge in [-0.1, -0.05) is 23.7 Å². The van der Waals surface area contributed by atoms with E-state index >= 15 is 0 Å². The summed E-state index contributed by atoms with van der Waals surface area (Å²) in [6.07, 6.45) is 0.489. The van der Waals surface area contributed by atoms with Crippen LogP contribution in [0.1, 0.15) is 17.9 Å². The summed E-state index contributed by atoms with van der Waals surface area (Å²) in [6, 6.07) is 7.50. The first-order valence-corrected chi connectivity index (χ1v) is 5.52. The molecule has 16 heavy (non-hydrogen) atoms. The van der Waals surface area contributed by atoms with Crippen molar-refractivity contribution in [1.29, 1.82) is 0 Å². The summed E-state index contributed by atoms with van der Waals surface area (Å²) in [7, 11) is 1.40. The minimum absolute atomic E-state index is 0.0738. The number of halogens is 1. The van der Waals surface area contributed by atoms with Crippen LogP contribution in [0.25, 0.3) is 0 Å². The maximum atomic E-state index is 11.3. The van der Waals surface area contributed by atoms with Crippen molar-refractivity contribution in [3.63, 3.8) is 0 Å². The number of hydrogen-bond acceptors (Lipinski definition) is 3. The first-order chi connectivity index (χ1) is 7.70. The molecule has 2 atom stereocenters. The van der Waals surface area contributed by atoms with Crippen molar-refractivity contribution < 1.29 is 14.3 Å². The van der Waals surface area contributed by atoms with Crippen molar-refractivity contribution in [3.05, 3.63) is 34.9 Å². The fourth-order valence-corrected chi connectivity index (χ4v) is 1.85. The van der Waals surface area contributed by atoms with Crippen LogP contribution in [0.3, 0.4) is 0 Å². The van der Waals surface area contributed by atoms with E-state index in [9.17, 15) is 4.79 Å². The maximum absolute atomic E-state index is 11.3. The molecule has 1 saturated heterocycles. The lowest BCUT2D eigenvalue weighted by Gasteiger charge is -2.13. The van der Waals surface area contributed by atoms with E-state index in [1.807, 2.05) is 24.3 Å². The third-order valence-corrected chi connectivity index (χ3v) is 2.97. The predicted octanol–water partition coefficient (Wildman–Crippen LogP) is 2.39. The van der Waals surface area contributed by atoms with E-state index in [0.29, 0.717) is 18.1 Å². The van der Waals surface area contributed by atoms with E-state index in [4.69, 9.17) is 16.3 Å². The van der Waals surface area contributed by atoms with Crippen molar-refractivity contribution in [2.24, 2.45) is 0 Å². The average Bonchev–Trinajstić information content (AvgIpc) is 3.11. The highest BCUT2D eigenvalue weighted by Crippen LogP contribution is 2.33. The molecule has 86 valence electrons. The smallest absolute Gasteiger partial charge is 0.306 e. The number of hydrogen-bond donors (Lipinski definition) is 0. The Morgan fingerprint density at radius 1 is 1.56 bits per heavy atom. The number of methoxy groups -OCH3 is 1. The normalized spacial score (nSPS) is 20.2. The lowest BCUT2D eigenvalue weighted by molar-refractivity contribution is -0.141. The van der Waals surface area contributed by atoms with Gasteiger partial charge in [-0.25, -0.2) is 0 Å². The zero-order valence-electron chi connectivity index (χ0n) is 8.98. The summed E-state index contributed by atoms with van der Waals surface area (Å²) in [5.41, 5.74) is 1.07. The molecule has 0 aromatic heterocycles. The molecule has 0 spiro atoms. The first-order valence-electron chi connectivity index (χ1n) is 5.14. The summed E-state index contributed by atoms with van der Waals surface area (Å²) in [4.78, 5) is 11.3. The van der Waals surface area contributed by atoms with Gasteiger partial charge < -0.3 is 9.47 Å². The van der Waals surface area contributed by atoms with Crippen molar-refractivity contribution in [2.75, 3.05) is 13.7 Å². The molecule has 0 aliphatic carbocycles. The standard InChI is InChI=1S/C12H13ClO3/c1-15-12(14)6-10(11-7-16-11)8-2-4-9(13)5-3-8/h2-5,10-11H,6-7H2,1H3/t10-,11-/m1/s1. The van der Waals surface area contributed by atoms with Crippen molar-refractivity contribution in [1.82, 2.24) is 0 Å². The van der Waals surface area contributed by atoms with Crippen LogP contribution >= 0.6 is 11.6 Å². The number of carbonyl (C=O) groups excluding carboxylic acids is 1. The number of carbonyl (C=O) groups is 1. The van der Waals surface area contributed by atoms with Gasteiger partial charge in [0.1, 0.15) is 0 Å². The number of esters is 1. The van der Waals surface area contributed by atoms with E-state index in [0.717, 1.165) is 5.56 Å². The second kappa shape index (κ2) is 4.85. The average molecular weight is 241 g/mol. The van der Waals surface area contributed by atoms with Crippen LogP contribution < -0.4 is 0 Å². The predicted molar refractivity (Wildman–Crippen MR) is 60.6 cm³/mol. The molecule has 0 radical (unpaired) electrons. The highest BCUT2D eigenvalue weighted by molar-refractivity contribution is 6.30. The van der Waals surface area contributed by atoms with E-state index in [2.05, 4.69) is 4.74 Å². The quantitative estimate of drug-likeness (QED) is 0.599. The van der Waals surface area contributed by atoms with Crippen LogP contribution in [-0.2, 0) is 14.3 Å². The van der Waals surface area contributed by atoms with Crippen molar-refractivity contribution in [3.8, 4) is 0 Å². The Morgan fingerprint density at radius 3 is 2.69 bits per heavy atom. The molecule has 1 aliphatic heterocycles. The molecule has 0 N–H and O–H groups in total. The minimum atomic E-state index is -0.213. The van der Waals surface area contributed by atoms with Gasteiger partial charge in [0.15, 0.2) is 0 Å².